The highest BCUT2D eigenvalue weighted by Crippen LogP contribution is 2.23. The van der Waals surface area contributed by atoms with E-state index in [9.17, 15) is 0 Å². The predicted octanol–water partition coefficient (Wildman–Crippen LogP) is 2.87. The van der Waals surface area contributed by atoms with Gasteiger partial charge in [-0.25, -0.2) is 0 Å². The maximum Gasteiger partial charge on any atom is 0.0456 e. The number of H-pyrrole nitrogens is 1. The van der Waals surface area contributed by atoms with E-state index in [2.05, 4.69) is 48.8 Å². The summed E-state index contributed by atoms with van der Waals surface area (Å²) in [5, 5.41) is 1.35. The van der Waals surface area contributed by atoms with Gasteiger partial charge < -0.3 is 10.7 Å². The number of fused-ring (bicyclic) bond motifs is 1. The molecule has 2 heteroatoms. The molecule has 0 atom stereocenters. The van der Waals surface area contributed by atoms with Gasteiger partial charge in [0.25, 0.3) is 0 Å². The molecule has 0 amide bonds. The lowest BCUT2D eigenvalue weighted by Gasteiger charge is -2.05. The lowest BCUT2D eigenvalue weighted by molar-refractivity contribution is 0.876. The van der Waals surface area contributed by atoms with Crippen LogP contribution < -0.4 is 5.73 Å². The topological polar surface area (TPSA) is 41.8 Å². The van der Waals surface area contributed by atoms with Gasteiger partial charge in [0.1, 0.15) is 0 Å². The van der Waals surface area contributed by atoms with E-state index in [-0.39, 0.29) is 0 Å². The molecule has 0 fully saturated rings. The third-order valence-electron chi connectivity index (χ3n) is 2.25. The first kappa shape index (κ1) is 10.8. The monoisotopic (exact) mass is 190 g/mol. The number of aromatic nitrogens is 1. The Labute approximate surface area is 85.1 Å². The van der Waals surface area contributed by atoms with Gasteiger partial charge in [0, 0.05) is 17.1 Å². The minimum absolute atomic E-state index is 0.601. The van der Waals surface area contributed by atoms with Crippen molar-refractivity contribution in [3.63, 3.8) is 0 Å². The number of hydrogen-bond acceptors (Lipinski definition) is 1. The molecule has 1 aromatic heterocycles. The van der Waals surface area contributed by atoms with Crippen molar-refractivity contribution in [1.82, 2.24) is 4.98 Å². The molecule has 0 unspecified atom stereocenters. The molecule has 76 valence electrons. The van der Waals surface area contributed by atoms with Gasteiger partial charge in [-0.15, -0.1) is 0 Å². The number of nitrogens with two attached hydrogens (primary N) is 1. The fourth-order valence-corrected chi connectivity index (χ4v) is 1.61. The van der Waals surface area contributed by atoms with Crippen LogP contribution in [0, 0.1) is 0 Å². The van der Waals surface area contributed by atoms with Gasteiger partial charge in [-0.3, -0.25) is 0 Å². The summed E-state index contributed by atoms with van der Waals surface area (Å²) in [6.45, 7) is 4.45. The minimum atomic E-state index is 0.601. The molecule has 0 saturated heterocycles. The normalized spacial score (nSPS) is 10.1. The number of aromatic amines is 1. The molecule has 2 aromatic rings. The molecule has 0 radical (unpaired) electrons. The maximum atomic E-state index is 4.50. The number of nitrogens with one attached hydrogen (secondary N) is 1. The van der Waals surface area contributed by atoms with Crippen molar-refractivity contribution in [2.75, 3.05) is 7.05 Å². The second-order valence-electron chi connectivity index (χ2n) is 3.44. The summed E-state index contributed by atoms with van der Waals surface area (Å²) in [4.78, 5) is 3.21. The van der Waals surface area contributed by atoms with Gasteiger partial charge in [-0.05, 0) is 30.7 Å². The zero-order valence-corrected chi connectivity index (χ0v) is 9.04. The van der Waals surface area contributed by atoms with Crippen molar-refractivity contribution in [2.24, 2.45) is 5.73 Å². The standard InChI is InChI=1S/C11H13N.CH5N/c1-8(2)9-4-3-5-11-10(9)6-7-12-11;1-2/h3-8,12H,1-2H3;2H2,1H3. The quantitative estimate of drug-likeness (QED) is 0.713. The molecule has 0 spiro atoms. The molecule has 3 N–H and O–H groups in total. The molecule has 0 bridgehead atoms. The third-order valence-corrected chi connectivity index (χ3v) is 2.25. The van der Waals surface area contributed by atoms with E-state index in [4.69, 9.17) is 0 Å². The lowest BCUT2D eigenvalue weighted by atomic mass is 10.00. The summed E-state index contributed by atoms with van der Waals surface area (Å²) in [5.74, 6) is 0.601. The van der Waals surface area contributed by atoms with Gasteiger partial charge in [0.15, 0.2) is 0 Å². The molecule has 0 saturated carbocycles. The summed E-state index contributed by atoms with van der Waals surface area (Å²) >= 11 is 0. The van der Waals surface area contributed by atoms with Crippen molar-refractivity contribution >= 4 is 10.9 Å². The highest BCUT2D eigenvalue weighted by atomic mass is 14.7. The molecular weight excluding hydrogens is 172 g/mol. The molecule has 1 heterocycles. The average molecular weight is 190 g/mol. The Kier molecular flexibility index (Phi) is 3.72. The van der Waals surface area contributed by atoms with Crippen molar-refractivity contribution in [3.8, 4) is 0 Å². The Bertz CT molecular complexity index is 388. The summed E-state index contributed by atoms with van der Waals surface area (Å²) < 4.78 is 0. The molecule has 0 aliphatic heterocycles. The van der Waals surface area contributed by atoms with Crippen LogP contribution in [0.1, 0.15) is 25.3 Å². The van der Waals surface area contributed by atoms with Crippen LogP contribution in [0.4, 0.5) is 0 Å². The fourth-order valence-electron chi connectivity index (χ4n) is 1.61. The molecule has 2 rings (SSSR count). The van der Waals surface area contributed by atoms with Crippen molar-refractivity contribution in [1.29, 1.82) is 0 Å². The largest absolute Gasteiger partial charge is 0.361 e. The number of benzene rings is 1. The van der Waals surface area contributed by atoms with Crippen molar-refractivity contribution in [2.45, 2.75) is 19.8 Å². The lowest BCUT2D eigenvalue weighted by Crippen LogP contribution is -1.86. The number of rotatable bonds is 1. The van der Waals surface area contributed by atoms with E-state index in [0.717, 1.165) is 0 Å². The smallest absolute Gasteiger partial charge is 0.0456 e. The van der Waals surface area contributed by atoms with E-state index in [1.54, 1.807) is 0 Å². The Morgan fingerprint density at radius 3 is 2.50 bits per heavy atom. The third kappa shape index (κ3) is 1.96. The van der Waals surface area contributed by atoms with Crippen LogP contribution in [0.2, 0.25) is 0 Å². The molecule has 0 aliphatic rings. The highest BCUT2D eigenvalue weighted by molar-refractivity contribution is 5.83. The van der Waals surface area contributed by atoms with Crippen LogP contribution in [-0.2, 0) is 0 Å². The first-order chi connectivity index (χ1) is 6.79. The van der Waals surface area contributed by atoms with Gasteiger partial charge in [0.05, 0.1) is 0 Å². The summed E-state index contributed by atoms with van der Waals surface area (Å²) in [5.41, 5.74) is 7.16. The second kappa shape index (κ2) is 4.82. The summed E-state index contributed by atoms with van der Waals surface area (Å²) in [6, 6.07) is 8.56. The van der Waals surface area contributed by atoms with Gasteiger partial charge >= 0.3 is 0 Å². The average Bonchev–Trinajstić information content (AvgIpc) is 2.67. The first-order valence-corrected chi connectivity index (χ1v) is 4.93. The molecular formula is C12H18N2. The first-order valence-electron chi connectivity index (χ1n) is 4.93. The van der Waals surface area contributed by atoms with E-state index in [1.807, 2.05) is 6.20 Å². The second-order valence-corrected chi connectivity index (χ2v) is 3.44. The van der Waals surface area contributed by atoms with Gasteiger partial charge in [0.2, 0.25) is 0 Å². The van der Waals surface area contributed by atoms with E-state index >= 15 is 0 Å². The minimum Gasteiger partial charge on any atom is -0.361 e. The summed E-state index contributed by atoms with van der Waals surface area (Å²) in [6.07, 6.45) is 2.00. The predicted molar refractivity (Wildman–Crippen MR) is 62.5 cm³/mol. The molecule has 2 nitrogen and oxygen atoms in total. The Hall–Kier alpha value is -1.28. The van der Waals surface area contributed by atoms with Crippen LogP contribution in [0.5, 0.6) is 0 Å². The van der Waals surface area contributed by atoms with Crippen LogP contribution in [0.15, 0.2) is 30.5 Å². The molecule has 1 aromatic carbocycles. The molecule has 0 aliphatic carbocycles. The molecule has 14 heavy (non-hydrogen) atoms. The van der Waals surface area contributed by atoms with Crippen LogP contribution in [-0.4, -0.2) is 12.0 Å². The SMILES string of the molecule is CC(C)c1cccc2[nH]ccc12.CN. The summed E-state index contributed by atoms with van der Waals surface area (Å²) in [7, 11) is 1.50. The Morgan fingerprint density at radius 2 is 1.86 bits per heavy atom. The number of hydrogen-bond donors (Lipinski definition) is 2. The van der Waals surface area contributed by atoms with E-state index in [0.29, 0.717) is 5.92 Å². The van der Waals surface area contributed by atoms with E-state index in [1.165, 1.54) is 23.5 Å². The zero-order valence-electron chi connectivity index (χ0n) is 9.04. The maximum absolute atomic E-state index is 4.50. The van der Waals surface area contributed by atoms with Crippen LogP contribution in [0.3, 0.4) is 0 Å². The van der Waals surface area contributed by atoms with E-state index < -0.39 is 0 Å². The van der Waals surface area contributed by atoms with Crippen LogP contribution in [0.25, 0.3) is 10.9 Å². The van der Waals surface area contributed by atoms with Gasteiger partial charge in [-0.1, -0.05) is 26.0 Å². The zero-order chi connectivity index (χ0) is 10.6. The highest BCUT2D eigenvalue weighted by Gasteiger charge is 2.03. The Morgan fingerprint density at radius 1 is 1.14 bits per heavy atom. The van der Waals surface area contributed by atoms with Crippen LogP contribution >= 0.6 is 0 Å². The van der Waals surface area contributed by atoms with Crippen molar-refractivity contribution < 1.29 is 0 Å². The Balaban J connectivity index is 0.000000461. The van der Waals surface area contributed by atoms with Crippen molar-refractivity contribution in [3.05, 3.63) is 36.0 Å². The fraction of sp³-hybridized carbons (Fsp3) is 0.333. The van der Waals surface area contributed by atoms with Gasteiger partial charge in [-0.2, -0.15) is 0 Å².